The molecule has 2 N–H and O–H groups in total. The Balaban J connectivity index is 1.53. The Bertz CT molecular complexity index is 899. The molecule has 130 valence electrons. The van der Waals surface area contributed by atoms with Crippen molar-refractivity contribution in [3.05, 3.63) is 78.4 Å². The Labute approximate surface area is 155 Å². The monoisotopic (exact) mass is 340 g/mol. The quantitative estimate of drug-likeness (QED) is 0.663. The number of hydrogen-bond acceptors (Lipinski definition) is 2. The van der Waals surface area contributed by atoms with Gasteiger partial charge in [0.05, 0.1) is 0 Å². The maximum absolute atomic E-state index is 3.78. The van der Waals surface area contributed by atoms with Crippen LogP contribution in [0, 0.1) is 0 Å². The third-order valence-electron chi connectivity index (χ3n) is 5.87. The first-order valence-corrected chi connectivity index (χ1v) is 9.66. The van der Waals surface area contributed by atoms with Crippen LogP contribution >= 0.6 is 0 Å². The van der Waals surface area contributed by atoms with Crippen LogP contribution in [-0.4, -0.2) is 19.1 Å². The van der Waals surface area contributed by atoms with E-state index in [-0.39, 0.29) is 0 Å². The highest BCUT2D eigenvalue weighted by Crippen LogP contribution is 2.45. The molecule has 0 bridgehead atoms. The number of fused-ring (bicyclic) bond motifs is 3. The zero-order valence-corrected chi connectivity index (χ0v) is 14.9. The van der Waals surface area contributed by atoms with Crippen LogP contribution < -0.4 is 10.6 Å². The molecule has 5 rings (SSSR count). The number of anilines is 1. The summed E-state index contributed by atoms with van der Waals surface area (Å²) < 4.78 is 0. The van der Waals surface area contributed by atoms with E-state index in [2.05, 4.69) is 83.4 Å². The second-order valence-electron chi connectivity index (χ2n) is 7.39. The van der Waals surface area contributed by atoms with Crippen molar-refractivity contribution < 1.29 is 0 Å². The van der Waals surface area contributed by atoms with Gasteiger partial charge < -0.3 is 10.6 Å². The van der Waals surface area contributed by atoms with Gasteiger partial charge in [0.25, 0.3) is 0 Å². The molecule has 2 heteroatoms. The van der Waals surface area contributed by atoms with Crippen LogP contribution in [0.15, 0.2) is 72.8 Å². The summed E-state index contributed by atoms with van der Waals surface area (Å²) in [4.78, 5) is 0. The van der Waals surface area contributed by atoms with Crippen molar-refractivity contribution in [1.29, 1.82) is 0 Å². The fourth-order valence-corrected chi connectivity index (χ4v) is 4.58. The SMILES string of the molecule is c1ccc(-c2ccc(-c3cccc4c3[C@H]3CCNCC[C@@H]3N4)cc2)cc1. The van der Waals surface area contributed by atoms with E-state index in [4.69, 9.17) is 0 Å². The topological polar surface area (TPSA) is 24.1 Å². The Kier molecular flexibility index (Phi) is 3.99. The van der Waals surface area contributed by atoms with E-state index in [9.17, 15) is 0 Å². The zero-order chi connectivity index (χ0) is 17.3. The lowest BCUT2D eigenvalue weighted by molar-refractivity contribution is 0.579. The van der Waals surface area contributed by atoms with Crippen LogP contribution in [0.5, 0.6) is 0 Å². The van der Waals surface area contributed by atoms with Gasteiger partial charge in [-0.15, -0.1) is 0 Å². The lowest BCUT2D eigenvalue weighted by Crippen LogP contribution is -2.21. The molecule has 2 aliphatic heterocycles. The van der Waals surface area contributed by atoms with E-state index in [1.165, 1.54) is 46.3 Å². The summed E-state index contributed by atoms with van der Waals surface area (Å²) in [6.45, 7) is 2.23. The van der Waals surface area contributed by atoms with Gasteiger partial charge in [-0.05, 0) is 59.8 Å². The third-order valence-corrected chi connectivity index (χ3v) is 5.87. The number of benzene rings is 3. The average Bonchev–Trinajstić information content (AvgIpc) is 2.90. The molecule has 0 saturated carbocycles. The maximum Gasteiger partial charge on any atom is 0.0384 e. The summed E-state index contributed by atoms with van der Waals surface area (Å²) in [5.41, 5.74) is 8.12. The van der Waals surface area contributed by atoms with Crippen LogP contribution in [0.25, 0.3) is 22.3 Å². The minimum atomic E-state index is 0.574. The summed E-state index contributed by atoms with van der Waals surface area (Å²) in [7, 11) is 0. The van der Waals surface area contributed by atoms with Crippen LogP contribution in [0.1, 0.15) is 24.3 Å². The van der Waals surface area contributed by atoms with Crippen LogP contribution in [0.4, 0.5) is 5.69 Å². The molecule has 1 fully saturated rings. The largest absolute Gasteiger partial charge is 0.381 e. The standard InChI is InChI=1S/C24H24N2/c1-2-5-17(6-3-1)18-9-11-19(12-10-18)20-7-4-8-23-24(20)21-13-15-25-16-14-22(21)26-23/h1-12,21-22,25-26H,13-16H2/t21-,22-/m0/s1. The first kappa shape index (κ1) is 15.7. The van der Waals surface area contributed by atoms with Gasteiger partial charge in [-0.1, -0.05) is 66.7 Å². The highest BCUT2D eigenvalue weighted by atomic mass is 15.0. The zero-order valence-electron chi connectivity index (χ0n) is 14.9. The molecule has 26 heavy (non-hydrogen) atoms. The molecule has 3 aromatic carbocycles. The molecule has 0 unspecified atom stereocenters. The van der Waals surface area contributed by atoms with Crippen LogP contribution in [0.3, 0.4) is 0 Å². The van der Waals surface area contributed by atoms with Gasteiger partial charge in [0.15, 0.2) is 0 Å². The van der Waals surface area contributed by atoms with Gasteiger partial charge in [0, 0.05) is 17.6 Å². The molecule has 0 aliphatic carbocycles. The first-order valence-electron chi connectivity index (χ1n) is 9.66. The van der Waals surface area contributed by atoms with Crippen molar-refractivity contribution in [2.75, 3.05) is 18.4 Å². The summed E-state index contributed by atoms with van der Waals surface area (Å²) >= 11 is 0. The van der Waals surface area contributed by atoms with Gasteiger partial charge in [0.2, 0.25) is 0 Å². The molecule has 0 spiro atoms. The van der Waals surface area contributed by atoms with E-state index < -0.39 is 0 Å². The van der Waals surface area contributed by atoms with Gasteiger partial charge >= 0.3 is 0 Å². The number of hydrogen-bond donors (Lipinski definition) is 2. The first-order chi connectivity index (χ1) is 12.9. The molecule has 3 aromatic rings. The van der Waals surface area contributed by atoms with Crippen molar-refractivity contribution >= 4 is 5.69 Å². The van der Waals surface area contributed by atoms with Crippen LogP contribution in [0.2, 0.25) is 0 Å². The Morgan fingerprint density at radius 1 is 0.654 bits per heavy atom. The molecule has 2 heterocycles. The predicted octanol–water partition coefficient (Wildman–Crippen LogP) is 5.28. The molecule has 2 nitrogen and oxygen atoms in total. The van der Waals surface area contributed by atoms with Crippen molar-refractivity contribution in [2.24, 2.45) is 0 Å². The van der Waals surface area contributed by atoms with Gasteiger partial charge in [0.1, 0.15) is 0 Å². The second-order valence-corrected chi connectivity index (χ2v) is 7.39. The number of rotatable bonds is 2. The molecule has 2 aliphatic rings. The van der Waals surface area contributed by atoms with E-state index in [1.54, 1.807) is 0 Å². The summed E-state index contributed by atoms with van der Waals surface area (Å²) in [6.07, 6.45) is 2.41. The lowest BCUT2D eigenvalue weighted by atomic mass is 9.85. The Morgan fingerprint density at radius 3 is 2.23 bits per heavy atom. The van der Waals surface area contributed by atoms with Crippen molar-refractivity contribution in [3.63, 3.8) is 0 Å². The highest BCUT2D eigenvalue weighted by Gasteiger charge is 2.34. The van der Waals surface area contributed by atoms with E-state index in [1.807, 2.05) is 0 Å². The van der Waals surface area contributed by atoms with Crippen molar-refractivity contribution in [3.8, 4) is 22.3 Å². The van der Waals surface area contributed by atoms with E-state index >= 15 is 0 Å². The smallest absolute Gasteiger partial charge is 0.0384 e. The Morgan fingerprint density at radius 2 is 1.38 bits per heavy atom. The second kappa shape index (κ2) is 6.62. The van der Waals surface area contributed by atoms with Crippen molar-refractivity contribution in [2.45, 2.75) is 24.8 Å². The lowest BCUT2D eigenvalue weighted by Gasteiger charge is -2.18. The fraction of sp³-hybridized carbons (Fsp3) is 0.250. The third kappa shape index (κ3) is 2.71. The average molecular weight is 340 g/mol. The van der Waals surface area contributed by atoms with Crippen LogP contribution in [-0.2, 0) is 0 Å². The number of nitrogens with one attached hydrogen (secondary N) is 2. The molecule has 2 atom stereocenters. The van der Waals surface area contributed by atoms with Crippen molar-refractivity contribution in [1.82, 2.24) is 5.32 Å². The molecular weight excluding hydrogens is 316 g/mol. The fourth-order valence-electron chi connectivity index (χ4n) is 4.58. The highest BCUT2D eigenvalue weighted by molar-refractivity contribution is 5.79. The molecule has 0 aromatic heterocycles. The Hall–Kier alpha value is -2.58. The minimum absolute atomic E-state index is 0.574. The van der Waals surface area contributed by atoms with Gasteiger partial charge in [-0.3, -0.25) is 0 Å². The predicted molar refractivity (Wildman–Crippen MR) is 110 cm³/mol. The van der Waals surface area contributed by atoms with E-state index in [0.717, 1.165) is 13.1 Å². The summed E-state index contributed by atoms with van der Waals surface area (Å²) in [6, 6.07) is 27.0. The molecule has 0 amide bonds. The molecule has 1 saturated heterocycles. The normalized spacial score (nSPS) is 21.4. The minimum Gasteiger partial charge on any atom is -0.381 e. The summed E-state index contributed by atoms with van der Waals surface area (Å²) in [5.74, 6) is 0.616. The maximum atomic E-state index is 3.78. The summed E-state index contributed by atoms with van der Waals surface area (Å²) in [5, 5.41) is 7.34. The molecular formula is C24H24N2. The molecule has 0 radical (unpaired) electrons. The van der Waals surface area contributed by atoms with Gasteiger partial charge in [-0.25, -0.2) is 0 Å². The van der Waals surface area contributed by atoms with E-state index in [0.29, 0.717) is 12.0 Å². The van der Waals surface area contributed by atoms with Gasteiger partial charge in [-0.2, -0.15) is 0 Å².